The molecule has 1 heterocycles. The van der Waals surface area contributed by atoms with Crippen LogP contribution in [0.15, 0.2) is 24.3 Å². The van der Waals surface area contributed by atoms with E-state index in [0.717, 1.165) is 18.5 Å². The van der Waals surface area contributed by atoms with Crippen LogP contribution in [0.25, 0.3) is 0 Å². The Kier molecular flexibility index (Phi) is 5.39. The number of rotatable bonds is 4. The quantitative estimate of drug-likeness (QED) is 0.581. The van der Waals surface area contributed by atoms with Crippen molar-refractivity contribution in [1.82, 2.24) is 4.90 Å². The second-order valence-electron chi connectivity index (χ2n) is 6.90. The number of hydrogen-bond acceptors (Lipinski definition) is 6. The van der Waals surface area contributed by atoms with Gasteiger partial charge in [0.05, 0.1) is 4.92 Å². The van der Waals surface area contributed by atoms with Crippen LogP contribution in [0.4, 0.5) is 11.4 Å². The van der Waals surface area contributed by atoms with Gasteiger partial charge in [0.25, 0.3) is 5.69 Å². The Bertz CT molecular complexity index is 683. The van der Waals surface area contributed by atoms with Crippen molar-refractivity contribution in [3.05, 3.63) is 34.4 Å². The average molecular weight is 360 g/mol. The number of nitrogens with zero attached hydrogens (tertiary/aromatic N) is 3. The second kappa shape index (κ2) is 7.72. The SMILES string of the molecule is O=C([O-])[C@@H]1CCCC[C@H]1C(=O)N1CCN(c2ccc([N+](=O)[O-])cc2)CC1. The maximum absolute atomic E-state index is 12.8. The summed E-state index contributed by atoms with van der Waals surface area (Å²) in [5.41, 5.74) is 0.932. The fraction of sp³-hybridized carbons (Fsp3) is 0.556. The van der Waals surface area contributed by atoms with Gasteiger partial charge in [-0.15, -0.1) is 0 Å². The minimum Gasteiger partial charge on any atom is -0.550 e. The van der Waals surface area contributed by atoms with Crippen molar-refractivity contribution in [2.24, 2.45) is 11.8 Å². The molecule has 1 aliphatic heterocycles. The number of nitro groups is 1. The smallest absolute Gasteiger partial charge is 0.269 e. The van der Waals surface area contributed by atoms with E-state index >= 15 is 0 Å². The first-order valence-electron chi connectivity index (χ1n) is 8.96. The Morgan fingerprint density at radius 3 is 2.08 bits per heavy atom. The molecular weight excluding hydrogens is 338 g/mol. The van der Waals surface area contributed by atoms with Crippen LogP contribution in [0, 0.1) is 22.0 Å². The van der Waals surface area contributed by atoms with E-state index < -0.39 is 22.7 Å². The molecule has 0 unspecified atom stereocenters. The third kappa shape index (κ3) is 3.79. The zero-order valence-electron chi connectivity index (χ0n) is 14.5. The van der Waals surface area contributed by atoms with Crippen LogP contribution in [0.3, 0.4) is 0 Å². The molecule has 2 fully saturated rings. The summed E-state index contributed by atoms with van der Waals surface area (Å²) in [4.78, 5) is 38.2. The van der Waals surface area contributed by atoms with Gasteiger partial charge < -0.3 is 19.7 Å². The molecule has 1 saturated carbocycles. The third-order valence-corrected chi connectivity index (χ3v) is 5.40. The number of benzene rings is 1. The summed E-state index contributed by atoms with van der Waals surface area (Å²) in [7, 11) is 0. The summed E-state index contributed by atoms with van der Waals surface area (Å²) < 4.78 is 0. The third-order valence-electron chi connectivity index (χ3n) is 5.40. The first-order valence-corrected chi connectivity index (χ1v) is 8.96. The number of hydrogen-bond donors (Lipinski definition) is 0. The van der Waals surface area contributed by atoms with E-state index in [0.29, 0.717) is 39.0 Å². The first kappa shape index (κ1) is 18.2. The van der Waals surface area contributed by atoms with Crippen LogP contribution in [0.1, 0.15) is 25.7 Å². The summed E-state index contributed by atoms with van der Waals surface area (Å²) in [6.07, 6.45) is 2.83. The molecule has 1 aromatic rings. The Labute approximate surface area is 151 Å². The van der Waals surface area contributed by atoms with Gasteiger partial charge >= 0.3 is 0 Å². The Hall–Kier alpha value is -2.64. The number of carbonyl (C=O) groups is 2. The summed E-state index contributed by atoms with van der Waals surface area (Å²) in [5, 5.41) is 22.1. The molecule has 2 atom stereocenters. The van der Waals surface area contributed by atoms with Gasteiger partial charge in [-0.25, -0.2) is 0 Å². The summed E-state index contributed by atoms with van der Waals surface area (Å²) in [6, 6.07) is 6.37. The van der Waals surface area contributed by atoms with Crippen molar-refractivity contribution in [3.63, 3.8) is 0 Å². The summed E-state index contributed by atoms with van der Waals surface area (Å²) in [6.45, 7) is 2.27. The van der Waals surface area contributed by atoms with Crippen LogP contribution >= 0.6 is 0 Å². The van der Waals surface area contributed by atoms with Crippen molar-refractivity contribution in [2.75, 3.05) is 31.1 Å². The number of anilines is 1. The van der Waals surface area contributed by atoms with Gasteiger partial charge in [0.2, 0.25) is 5.91 Å². The Morgan fingerprint density at radius 2 is 1.54 bits per heavy atom. The maximum atomic E-state index is 12.8. The largest absolute Gasteiger partial charge is 0.550 e. The van der Waals surface area contributed by atoms with Crippen molar-refractivity contribution < 1.29 is 19.6 Å². The van der Waals surface area contributed by atoms with Crippen molar-refractivity contribution >= 4 is 23.3 Å². The molecule has 26 heavy (non-hydrogen) atoms. The van der Waals surface area contributed by atoms with Crippen LogP contribution in [-0.4, -0.2) is 47.9 Å². The van der Waals surface area contributed by atoms with E-state index in [9.17, 15) is 24.8 Å². The number of carboxylic acid groups (broad SMARTS) is 1. The van der Waals surface area contributed by atoms with Crippen LogP contribution in [0.2, 0.25) is 0 Å². The lowest BCUT2D eigenvalue weighted by Gasteiger charge is -2.40. The van der Waals surface area contributed by atoms with Gasteiger partial charge in [-0.3, -0.25) is 14.9 Å². The van der Waals surface area contributed by atoms with Gasteiger partial charge in [0, 0.05) is 61.8 Å². The van der Waals surface area contributed by atoms with Gasteiger partial charge in [-0.1, -0.05) is 12.8 Å². The molecule has 3 rings (SSSR count). The number of carboxylic acids is 1. The lowest BCUT2D eigenvalue weighted by atomic mass is 9.78. The molecule has 0 N–H and O–H groups in total. The average Bonchev–Trinajstić information content (AvgIpc) is 2.67. The molecule has 8 heteroatoms. The summed E-state index contributed by atoms with van der Waals surface area (Å²) >= 11 is 0. The molecule has 1 saturated heterocycles. The molecule has 2 aliphatic rings. The molecule has 140 valence electrons. The normalized spacial score (nSPS) is 23.5. The molecule has 1 aliphatic carbocycles. The number of nitro benzene ring substituents is 1. The number of piperazine rings is 1. The van der Waals surface area contributed by atoms with Gasteiger partial charge in [0.15, 0.2) is 0 Å². The molecule has 0 aromatic heterocycles. The topological polar surface area (TPSA) is 107 Å². The zero-order valence-corrected chi connectivity index (χ0v) is 14.5. The maximum Gasteiger partial charge on any atom is 0.269 e. The lowest BCUT2D eigenvalue weighted by Crippen LogP contribution is -2.53. The molecule has 0 spiro atoms. The molecular formula is C18H22N3O5-. The van der Waals surface area contributed by atoms with E-state index in [-0.39, 0.29) is 11.6 Å². The van der Waals surface area contributed by atoms with Crippen molar-refractivity contribution in [2.45, 2.75) is 25.7 Å². The van der Waals surface area contributed by atoms with Crippen molar-refractivity contribution in [1.29, 1.82) is 0 Å². The highest BCUT2D eigenvalue weighted by atomic mass is 16.6. The minimum atomic E-state index is -1.12. The molecule has 8 nitrogen and oxygen atoms in total. The molecule has 0 bridgehead atoms. The Morgan fingerprint density at radius 1 is 0.962 bits per heavy atom. The van der Waals surface area contributed by atoms with Crippen LogP contribution < -0.4 is 10.0 Å². The summed E-state index contributed by atoms with van der Waals surface area (Å²) in [5.74, 6) is -2.35. The van der Waals surface area contributed by atoms with E-state index in [4.69, 9.17) is 0 Å². The van der Waals surface area contributed by atoms with E-state index in [2.05, 4.69) is 4.90 Å². The first-order chi connectivity index (χ1) is 12.5. The minimum absolute atomic E-state index is 0.0492. The van der Waals surface area contributed by atoms with Gasteiger partial charge in [0.1, 0.15) is 0 Å². The predicted octanol–water partition coefficient (Wildman–Crippen LogP) is 0.800. The van der Waals surface area contributed by atoms with Crippen LogP contribution in [0.5, 0.6) is 0 Å². The zero-order chi connectivity index (χ0) is 18.7. The fourth-order valence-electron chi connectivity index (χ4n) is 3.91. The number of carbonyl (C=O) groups excluding carboxylic acids is 2. The van der Waals surface area contributed by atoms with Gasteiger partial charge in [-0.05, 0) is 25.0 Å². The predicted molar refractivity (Wildman–Crippen MR) is 92.3 cm³/mol. The fourth-order valence-corrected chi connectivity index (χ4v) is 3.91. The monoisotopic (exact) mass is 360 g/mol. The number of amides is 1. The highest BCUT2D eigenvalue weighted by molar-refractivity contribution is 5.84. The van der Waals surface area contributed by atoms with Crippen LogP contribution in [-0.2, 0) is 9.59 Å². The number of aliphatic carboxylic acids is 1. The van der Waals surface area contributed by atoms with E-state index in [1.807, 2.05) is 0 Å². The van der Waals surface area contributed by atoms with Crippen molar-refractivity contribution in [3.8, 4) is 0 Å². The molecule has 1 amide bonds. The standard InChI is InChI=1S/C18H23N3O5/c22-17(15-3-1-2-4-16(15)18(23)24)20-11-9-19(10-12-20)13-5-7-14(8-6-13)21(25)26/h5-8,15-16H,1-4,9-12H2,(H,23,24)/p-1/t15-,16-/m1/s1. The Balaban J connectivity index is 1.59. The second-order valence-corrected chi connectivity index (χ2v) is 6.90. The molecule has 1 aromatic carbocycles. The van der Waals surface area contributed by atoms with E-state index in [1.54, 1.807) is 17.0 Å². The number of non-ortho nitro benzene ring substituents is 1. The lowest BCUT2D eigenvalue weighted by molar-refractivity contribution is -0.384. The van der Waals surface area contributed by atoms with E-state index in [1.165, 1.54) is 12.1 Å². The highest BCUT2D eigenvalue weighted by Gasteiger charge is 2.35. The van der Waals surface area contributed by atoms with Gasteiger partial charge in [-0.2, -0.15) is 0 Å². The highest BCUT2D eigenvalue weighted by Crippen LogP contribution is 2.31. The molecule has 0 radical (unpaired) electrons.